The summed E-state index contributed by atoms with van der Waals surface area (Å²) in [7, 11) is -3.97. The van der Waals surface area contributed by atoms with E-state index in [-0.39, 0.29) is 30.4 Å². The van der Waals surface area contributed by atoms with Crippen LogP contribution < -0.4 is 0 Å². The number of benzene rings is 1. The Bertz CT molecular complexity index is 948. The molecule has 1 saturated heterocycles. The van der Waals surface area contributed by atoms with Crippen molar-refractivity contribution in [3.8, 4) is 0 Å². The Balaban J connectivity index is 1.59. The van der Waals surface area contributed by atoms with E-state index in [2.05, 4.69) is 4.99 Å². The van der Waals surface area contributed by atoms with Crippen LogP contribution in [0.15, 0.2) is 45.8 Å². The van der Waals surface area contributed by atoms with Gasteiger partial charge in [0.1, 0.15) is 0 Å². The second kappa shape index (κ2) is 6.69. The van der Waals surface area contributed by atoms with Gasteiger partial charge in [0.2, 0.25) is 0 Å². The fraction of sp³-hybridized carbons (Fsp3) is 0.550. The summed E-state index contributed by atoms with van der Waals surface area (Å²) >= 11 is 0. The number of alkyl halides is 3. The molecule has 3 aliphatic rings. The van der Waals surface area contributed by atoms with E-state index in [0.717, 1.165) is 42.3 Å². The van der Waals surface area contributed by atoms with Gasteiger partial charge in [-0.15, -0.1) is 0 Å². The number of halogens is 3. The van der Waals surface area contributed by atoms with Crippen LogP contribution >= 0.6 is 0 Å². The van der Waals surface area contributed by atoms with Crippen molar-refractivity contribution in [3.05, 3.63) is 41.5 Å². The molecule has 2 aliphatic heterocycles. The first-order chi connectivity index (χ1) is 13.1. The number of nitrogens with zero attached hydrogens (tertiary/aromatic N) is 1. The third kappa shape index (κ3) is 3.52. The minimum atomic E-state index is -4.59. The predicted octanol–water partition coefficient (Wildman–Crippen LogP) is 4.21. The van der Waals surface area contributed by atoms with Gasteiger partial charge >= 0.3 is 6.18 Å². The lowest BCUT2D eigenvalue weighted by Crippen LogP contribution is -2.45. The van der Waals surface area contributed by atoms with E-state index >= 15 is 0 Å². The minimum Gasteiger partial charge on any atom is -0.374 e. The molecule has 1 saturated carbocycles. The highest BCUT2D eigenvalue weighted by molar-refractivity contribution is 7.92. The van der Waals surface area contributed by atoms with Gasteiger partial charge in [0.05, 0.1) is 27.9 Å². The zero-order chi connectivity index (χ0) is 20.2. The van der Waals surface area contributed by atoms with E-state index in [1.165, 1.54) is 6.07 Å². The van der Waals surface area contributed by atoms with Gasteiger partial charge in [0.15, 0.2) is 9.84 Å². The topological polar surface area (TPSA) is 55.7 Å². The Labute approximate surface area is 162 Å². The smallest absolute Gasteiger partial charge is 0.374 e. The minimum absolute atomic E-state index is 0.213. The van der Waals surface area contributed by atoms with Gasteiger partial charge in [-0.05, 0) is 62.5 Å². The third-order valence-corrected chi connectivity index (χ3v) is 8.42. The van der Waals surface area contributed by atoms with E-state index in [9.17, 15) is 21.6 Å². The van der Waals surface area contributed by atoms with E-state index < -0.39 is 26.3 Å². The van der Waals surface area contributed by atoms with Crippen molar-refractivity contribution in [1.29, 1.82) is 0 Å². The molecule has 0 bridgehead atoms. The molecule has 2 heterocycles. The van der Waals surface area contributed by atoms with Gasteiger partial charge in [0, 0.05) is 18.2 Å². The quantitative estimate of drug-likeness (QED) is 0.743. The highest BCUT2D eigenvalue weighted by atomic mass is 32.2. The van der Waals surface area contributed by atoms with Gasteiger partial charge in [0.25, 0.3) is 0 Å². The molecular weight excluding hydrogens is 391 g/mol. The molecule has 1 aromatic rings. The van der Waals surface area contributed by atoms with Crippen LogP contribution in [0.3, 0.4) is 0 Å². The maximum Gasteiger partial charge on any atom is 0.416 e. The van der Waals surface area contributed by atoms with Crippen LogP contribution in [0.1, 0.15) is 38.2 Å². The first-order valence-electron chi connectivity index (χ1n) is 9.38. The number of aliphatic imine (C=N–C) groups is 1. The average Bonchev–Trinajstić information content (AvgIpc) is 3.38. The van der Waals surface area contributed by atoms with Gasteiger partial charge in [-0.1, -0.05) is 6.07 Å². The highest BCUT2D eigenvalue weighted by Gasteiger charge is 2.46. The Hall–Kier alpha value is -1.67. The Morgan fingerprint density at radius 1 is 1.25 bits per heavy atom. The standard InChI is InChI=1S/C20H22F3NO3S/c1-19(28(25,26)16-4-2-3-15(10-16)20(21,22)23)7-8-27-18(11-19)14-9-17(24-12-14)13-5-6-13/h2-4,9-10,13,18H,5-8,11-12H2,1H3. The zero-order valence-electron chi connectivity index (χ0n) is 15.5. The van der Waals surface area contributed by atoms with Crippen LogP contribution in [0.25, 0.3) is 0 Å². The lowest BCUT2D eigenvalue weighted by atomic mass is 9.92. The molecule has 0 amide bonds. The third-order valence-electron chi connectivity index (χ3n) is 5.87. The molecular formula is C20H22F3NO3S. The van der Waals surface area contributed by atoms with Crippen molar-refractivity contribution < 1.29 is 26.3 Å². The summed E-state index contributed by atoms with van der Waals surface area (Å²) in [5.41, 5.74) is 1.07. The second-order valence-electron chi connectivity index (χ2n) is 8.03. The van der Waals surface area contributed by atoms with Gasteiger partial charge in [-0.25, -0.2) is 8.42 Å². The molecule has 1 aliphatic carbocycles. The van der Waals surface area contributed by atoms with Gasteiger partial charge in [-0.3, -0.25) is 4.99 Å². The summed E-state index contributed by atoms with van der Waals surface area (Å²) in [6.45, 7) is 2.36. The van der Waals surface area contributed by atoms with Gasteiger partial charge < -0.3 is 4.74 Å². The van der Waals surface area contributed by atoms with Crippen LogP contribution in [-0.4, -0.2) is 38.1 Å². The van der Waals surface area contributed by atoms with Crippen molar-refractivity contribution in [2.75, 3.05) is 13.2 Å². The predicted molar refractivity (Wildman–Crippen MR) is 99.1 cm³/mol. The summed E-state index contributed by atoms with van der Waals surface area (Å²) in [6.07, 6.45) is -0.220. The summed E-state index contributed by atoms with van der Waals surface area (Å²) in [6, 6.07) is 4.00. The lowest BCUT2D eigenvalue weighted by molar-refractivity contribution is -0.137. The molecule has 152 valence electrons. The second-order valence-corrected chi connectivity index (χ2v) is 10.5. The SMILES string of the molecule is CC1(S(=O)(=O)c2cccc(C(F)(F)F)c2)CCOC(C2=CC(C3CC3)=NC2)C1. The molecule has 0 N–H and O–H groups in total. The summed E-state index contributed by atoms with van der Waals surface area (Å²) in [5, 5.41) is 0. The molecule has 28 heavy (non-hydrogen) atoms. The number of allylic oxidation sites excluding steroid dienone is 1. The van der Waals surface area contributed by atoms with Crippen LogP contribution in [0, 0.1) is 5.92 Å². The highest BCUT2D eigenvalue weighted by Crippen LogP contribution is 2.41. The zero-order valence-corrected chi connectivity index (χ0v) is 16.3. The number of sulfone groups is 1. The largest absolute Gasteiger partial charge is 0.416 e. The average molecular weight is 413 g/mol. The molecule has 0 radical (unpaired) electrons. The monoisotopic (exact) mass is 413 g/mol. The van der Waals surface area contributed by atoms with Crippen LogP contribution in [-0.2, 0) is 20.8 Å². The summed E-state index contributed by atoms with van der Waals surface area (Å²) in [4.78, 5) is 4.24. The van der Waals surface area contributed by atoms with E-state index in [1.54, 1.807) is 6.92 Å². The van der Waals surface area contributed by atoms with Crippen molar-refractivity contribution in [2.24, 2.45) is 10.9 Å². The summed E-state index contributed by atoms with van der Waals surface area (Å²) in [5.74, 6) is 0.515. The van der Waals surface area contributed by atoms with Crippen molar-refractivity contribution >= 4 is 15.5 Å². The van der Waals surface area contributed by atoms with Gasteiger partial charge in [-0.2, -0.15) is 13.2 Å². The van der Waals surface area contributed by atoms with E-state index in [1.807, 2.05) is 6.08 Å². The van der Waals surface area contributed by atoms with Crippen molar-refractivity contribution in [2.45, 2.75) is 54.5 Å². The van der Waals surface area contributed by atoms with Crippen LogP contribution in [0.2, 0.25) is 0 Å². The summed E-state index contributed by atoms with van der Waals surface area (Å²) < 4.78 is 70.3. The van der Waals surface area contributed by atoms with Crippen molar-refractivity contribution in [1.82, 2.24) is 0 Å². The molecule has 0 spiro atoms. The lowest BCUT2D eigenvalue weighted by Gasteiger charge is -2.38. The van der Waals surface area contributed by atoms with E-state index in [4.69, 9.17) is 4.74 Å². The Morgan fingerprint density at radius 2 is 2.00 bits per heavy atom. The fourth-order valence-electron chi connectivity index (χ4n) is 3.86. The molecule has 2 fully saturated rings. The number of ether oxygens (including phenoxy) is 1. The normalized spacial score (nSPS) is 28.8. The number of rotatable bonds is 4. The molecule has 8 heteroatoms. The maximum atomic E-state index is 13.3. The number of hydrogen-bond donors (Lipinski definition) is 0. The molecule has 2 unspecified atom stereocenters. The molecule has 1 aromatic carbocycles. The first kappa shape index (κ1) is 19.6. The maximum absolute atomic E-state index is 13.3. The first-order valence-corrected chi connectivity index (χ1v) is 10.9. The molecule has 4 rings (SSSR count). The molecule has 0 aromatic heterocycles. The molecule has 2 atom stereocenters. The number of hydrogen-bond acceptors (Lipinski definition) is 4. The fourth-order valence-corrected chi connectivity index (χ4v) is 5.69. The van der Waals surface area contributed by atoms with Crippen molar-refractivity contribution in [3.63, 3.8) is 0 Å². The molecule has 4 nitrogen and oxygen atoms in total. The van der Waals surface area contributed by atoms with Crippen LogP contribution in [0.4, 0.5) is 13.2 Å². The van der Waals surface area contributed by atoms with E-state index in [0.29, 0.717) is 12.5 Å². The Kier molecular flexibility index (Phi) is 4.69. The van der Waals surface area contributed by atoms with Crippen LogP contribution in [0.5, 0.6) is 0 Å². The Morgan fingerprint density at radius 3 is 2.68 bits per heavy atom.